The molecule has 1 aromatic rings. The van der Waals surface area contributed by atoms with Crippen molar-refractivity contribution in [2.24, 2.45) is 5.73 Å². The number of ether oxygens (including phenoxy) is 1. The van der Waals surface area contributed by atoms with Crippen LogP contribution >= 0.6 is 0 Å². The Morgan fingerprint density at radius 1 is 1.20 bits per heavy atom. The Bertz CT molecular complexity index is 629. The molecule has 136 valence electrons. The summed E-state index contributed by atoms with van der Waals surface area (Å²) in [5.41, 5.74) is 5.61. The van der Waals surface area contributed by atoms with Crippen molar-refractivity contribution >= 4 is 11.8 Å². The average molecular weight is 347 g/mol. The number of primary amides is 1. The molecule has 0 aromatic heterocycles. The maximum Gasteiger partial charge on any atom is 0.255 e. The Labute approximate surface area is 147 Å². The first-order valence-corrected chi connectivity index (χ1v) is 8.77. The number of aliphatic hydroxyl groups is 1. The minimum Gasteiger partial charge on any atom is -0.484 e. The molecule has 0 unspecified atom stereocenters. The molecule has 2 fully saturated rings. The van der Waals surface area contributed by atoms with E-state index in [0.29, 0.717) is 24.4 Å². The molecule has 1 aliphatic heterocycles. The zero-order valence-electron chi connectivity index (χ0n) is 14.3. The standard InChI is InChI=1S/C18H25N3O4/c19-17(23)12-25-14-4-1-3-13(11-14)18(24)21-9-7-20(8-10-21)15-5-2-6-16(15)22/h1,3-4,11,15-16,22H,2,5-10,12H2,(H2,19,23)/t15-,16-/m1/s1. The van der Waals surface area contributed by atoms with Crippen LogP contribution in [0.25, 0.3) is 0 Å². The van der Waals surface area contributed by atoms with Gasteiger partial charge in [0.05, 0.1) is 6.10 Å². The van der Waals surface area contributed by atoms with Crippen LogP contribution in [0, 0.1) is 0 Å². The SMILES string of the molecule is NC(=O)COc1cccc(C(=O)N2CCN([C@@H]3CCC[C@H]3O)CC2)c1. The van der Waals surface area contributed by atoms with Crippen molar-refractivity contribution in [2.75, 3.05) is 32.8 Å². The highest BCUT2D eigenvalue weighted by molar-refractivity contribution is 5.94. The van der Waals surface area contributed by atoms with Crippen molar-refractivity contribution in [1.29, 1.82) is 0 Å². The van der Waals surface area contributed by atoms with Crippen molar-refractivity contribution < 1.29 is 19.4 Å². The van der Waals surface area contributed by atoms with Crippen LogP contribution in [0.2, 0.25) is 0 Å². The lowest BCUT2D eigenvalue weighted by Crippen LogP contribution is -2.53. The van der Waals surface area contributed by atoms with Gasteiger partial charge in [0, 0.05) is 37.8 Å². The molecule has 2 aliphatic rings. The molecule has 2 amide bonds. The molecule has 0 radical (unpaired) electrons. The largest absolute Gasteiger partial charge is 0.484 e. The Hall–Kier alpha value is -2.12. The van der Waals surface area contributed by atoms with Gasteiger partial charge in [-0.2, -0.15) is 0 Å². The predicted molar refractivity (Wildman–Crippen MR) is 92.3 cm³/mol. The van der Waals surface area contributed by atoms with Crippen LogP contribution in [0.5, 0.6) is 5.75 Å². The molecule has 1 saturated heterocycles. The van der Waals surface area contributed by atoms with Gasteiger partial charge in [0.25, 0.3) is 11.8 Å². The summed E-state index contributed by atoms with van der Waals surface area (Å²) < 4.78 is 5.26. The maximum atomic E-state index is 12.7. The Balaban J connectivity index is 1.57. The van der Waals surface area contributed by atoms with Gasteiger partial charge in [-0.3, -0.25) is 14.5 Å². The zero-order chi connectivity index (χ0) is 17.8. The van der Waals surface area contributed by atoms with Gasteiger partial charge < -0.3 is 20.5 Å². The van der Waals surface area contributed by atoms with E-state index in [1.165, 1.54) is 0 Å². The Morgan fingerprint density at radius 3 is 2.60 bits per heavy atom. The summed E-state index contributed by atoms with van der Waals surface area (Å²) >= 11 is 0. The topological polar surface area (TPSA) is 96.1 Å². The van der Waals surface area contributed by atoms with Gasteiger partial charge in [-0.1, -0.05) is 6.07 Å². The Morgan fingerprint density at radius 2 is 1.96 bits per heavy atom. The summed E-state index contributed by atoms with van der Waals surface area (Å²) in [7, 11) is 0. The smallest absolute Gasteiger partial charge is 0.255 e. The van der Waals surface area contributed by atoms with Crippen LogP contribution in [0.4, 0.5) is 0 Å². The van der Waals surface area contributed by atoms with Gasteiger partial charge in [-0.15, -0.1) is 0 Å². The normalized spacial score (nSPS) is 24.3. The summed E-state index contributed by atoms with van der Waals surface area (Å²) in [4.78, 5) is 27.6. The monoisotopic (exact) mass is 347 g/mol. The number of carbonyl (C=O) groups is 2. The van der Waals surface area contributed by atoms with E-state index in [9.17, 15) is 14.7 Å². The second-order valence-corrected chi connectivity index (χ2v) is 6.68. The quantitative estimate of drug-likeness (QED) is 0.794. The van der Waals surface area contributed by atoms with Gasteiger partial charge in [0.2, 0.25) is 0 Å². The number of hydrogen-bond donors (Lipinski definition) is 2. The van der Waals surface area contributed by atoms with Gasteiger partial charge in [0.1, 0.15) is 5.75 Å². The van der Waals surface area contributed by atoms with E-state index in [2.05, 4.69) is 4.90 Å². The number of carbonyl (C=O) groups excluding carboxylic acids is 2. The number of benzene rings is 1. The number of amides is 2. The molecule has 0 spiro atoms. The van der Waals surface area contributed by atoms with Crippen molar-refractivity contribution in [2.45, 2.75) is 31.4 Å². The van der Waals surface area contributed by atoms with Crippen LogP contribution in [0.15, 0.2) is 24.3 Å². The van der Waals surface area contributed by atoms with Crippen LogP contribution in [0.3, 0.4) is 0 Å². The number of hydrogen-bond acceptors (Lipinski definition) is 5. The van der Waals surface area contributed by atoms with E-state index < -0.39 is 5.91 Å². The van der Waals surface area contributed by atoms with Gasteiger partial charge in [-0.05, 0) is 37.5 Å². The molecule has 1 aromatic carbocycles. The fraction of sp³-hybridized carbons (Fsp3) is 0.556. The molecule has 1 aliphatic carbocycles. The van der Waals surface area contributed by atoms with Crippen LogP contribution in [0.1, 0.15) is 29.6 Å². The number of piperazine rings is 1. The fourth-order valence-corrected chi connectivity index (χ4v) is 3.66. The van der Waals surface area contributed by atoms with Gasteiger partial charge in [-0.25, -0.2) is 0 Å². The van der Waals surface area contributed by atoms with E-state index in [1.54, 1.807) is 24.3 Å². The highest BCUT2D eigenvalue weighted by Gasteiger charge is 2.33. The summed E-state index contributed by atoms with van der Waals surface area (Å²) in [6, 6.07) is 7.04. The van der Waals surface area contributed by atoms with E-state index in [-0.39, 0.29) is 24.7 Å². The summed E-state index contributed by atoms with van der Waals surface area (Å²) in [5.74, 6) is -0.143. The average Bonchev–Trinajstić information content (AvgIpc) is 3.06. The first kappa shape index (κ1) is 17.7. The third-order valence-corrected chi connectivity index (χ3v) is 4.98. The second kappa shape index (κ2) is 7.84. The predicted octanol–water partition coefficient (Wildman–Crippen LogP) is 0.222. The minimum absolute atomic E-state index is 0.0452. The fourth-order valence-electron chi connectivity index (χ4n) is 3.66. The molecule has 0 bridgehead atoms. The van der Waals surface area contributed by atoms with E-state index in [0.717, 1.165) is 32.4 Å². The molecule has 1 heterocycles. The lowest BCUT2D eigenvalue weighted by Gasteiger charge is -2.39. The van der Waals surface area contributed by atoms with Gasteiger partial charge >= 0.3 is 0 Å². The summed E-state index contributed by atoms with van der Waals surface area (Å²) in [5, 5.41) is 10.0. The molecular formula is C18H25N3O4. The van der Waals surface area contributed by atoms with Crippen LogP contribution in [-0.4, -0.2) is 71.7 Å². The maximum absolute atomic E-state index is 12.7. The molecule has 3 N–H and O–H groups in total. The molecule has 7 heteroatoms. The van der Waals surface area contributed by atoms with Crippen LogP contribution < -0.4 is 10.5 Å². The number of aliphatic hydroxyl groups excluding tert-OH is 1. The number of nitrogens with two attached hydrogens (primary N) is 1. The third-order valence-electron chi connectivity index (χ3n) is 4.98. The van der Waals surface area contributed by atoms with Crippen molar-refractivity contribution in [3.8, 4) is 5.75 Å². The minimum atomic E-state index is -0.554. The van der Waals surface area contributed by atoms with Crippen molar-refractivity contribution in [1.82, 2.24) is 9.80 Å². The molecule has 3 rings (SSSR count). The highest BCUT2D eigenvalue weighted by Crippen LogP contribution is 2.25. The first-order chi connectivity index (χ1) is 12.0. The first-order valence-electron chi connectivity index (χ1n) is 8.77. The number of rotatable bonds is 5. The molecule has 7 nitrogen and oxygen atoms in total. The molecule has 1 saturated carbocycles. The van der Waals surface area contributed by atoms with E-state index >= 15 is 0 Å². The third kappa shape index (κ3) is 4.29. The summed E-state index contributed by atoms with van der Waals surface area (Å²) in [6.45, 7) is 2.65. The second-order valence-electron chi connectivity index (χ2n) is 6.68. The molecule has 25 heavy (non-hydrogen) atoms. The Kier molecular flexibility index (Phi) is 5.55. The lowest BCUT2D eigenvalue weighted by molar-refractivity contribution is -0.119. The van der Waals surface area contributed by atoms with Crippen molar-refractivity contribution in [3.05, 3.63) is 29.8 Å². The van der Waals surface area contributed by atoms with Gasteiger partial charge in [0.15, 0.2) is 6.61 Å². The summed E-state index contributed by atoms with van der Waals surface area (Å²) in [6.07, 6.45) is 2.75. The van der Waals surface area contributed by atoms with E-state index in [1.807, 2.05) is 4.90 Å². The molecule has 2 atom stereocenters. The van der Waals surface area contributed by atoms with Crippen molar-refractivity contribution in [3.63, 3.8) is 0 Å². The zero-order valence-corrected chi connectivity index (χ0v) is 14.3. The van der Waals surface area contributed by atoms with Crippen LogP contribution in [-0.2, 0) is 4.79 Å². The number of nitrogens with zero attached hydrogens (tertiary/aromatic N) is 2. The lowest BCUT2D eigenvalue weighted by atomic mass is 10.1. The molecular weight excluding hydrogens is 322 g/mol. The highest BCUT2D eigenvalue weighted by atomic mass is 16.5. The van der Waals surface area contributed by atoms with E-state index in [4.69, 9.17) is 10.5 Å².